The van der Waals surface area contributed by atoms with E-state index in [9.17, 15) is 4.79 Å². The lowest BCUT2D eigenvalue weighted by Crippen LogP contribution is -2.14. The Morgan fingerprint density at radius 2 is 2.07 bits per heavy atom. The van der Waals surface area contributed by atoms with Crippen molar-refractivity contribution in [1.82, 2.24) is 24.9 Å². The molecule has 9 nitrogen and oxygen atoms in total. The van der Waals surface area contributed by atoms with Crippen molar-refractivity contribution in [3.8, 4) is 11.5 Å². The van der Waals surface area contributed by atoms with Crippen LogP contribution >= 0.6 is 0 Å². The number of aromatic nitrogens is 5. The van der Waals surface area contributed by atoms with E-state index in [1.165, 1.54) is 0 Å². The summed E-state index contributed by atoms with van der Waals surface area (Å²) in [6.45, 7) is 2.34. The van der Waals surface area contributed by atoms with Gasteiger partial charge in [0.15, 0.2) is 11.6 Å². The number of amides is 1. The van der Waals surface area contributed by atoms with Gasteiger partial charge < -0.3 is 14.3 Å². The lowest BCUT2D eigenvalue weighted by molar-refractivity contribution is 0.102. The van der Waals surface area contributed by atoms with Gasteiger partial charge in [-0.1, -0.05) is 5.16 Å². The quantitative estimate of drug-likeness (QED) is 0.479. The first kappa shape index (κ1) is 17.8. The molecule has 0 saturated carbocycles. The molecule has 0 unspecified atom stereocenters. The molecule has 0 aliphatic carbocycles. The molecule has 0 radical (unpaired) electrons. The summed E-state index contributed by atoms with van der Waals surface area (Å²) in [6, 6.07) is 10.7. The van der Waals surface area contributed by atoms with E-state index in [0.29, 0.717) is 40.5 Å². The third-order valence-electron chi connectivity index (χ3n) is 4.61. The number of carbonyl (C=O) groups excluding carboxylic acids is 1. The predicted molar refractivity (Wildman–Crippen MR) is 108 cm³/mol. The number of carbonyl (C=O) groups is 1. The normalized spacial score (nSPS) is 11.1. The first-order chi connectivity index (χ1) is 14.7. The highest BCUT2D eigenvalue weighted by Crippen LogP contribution is 2.27. The van der Waals surface area contributed by atoms with Gasteiger partial charge in [0.1, 0.15) is 5.69 Å². The molecule has 1 amide bonds. The van der Waals surface area contributed by atoms with Gasteiger partial charge in [-0.2, -0.15) is 5.10 Å². The Kier molecular flexibility index (Phi) is 4.32. The maximum atomic E-state index is 13.1. The van der Waals surface area contributed by atoms with Crippen molar-refractivity contribution < 1.29 is 13.7 Å². The largest absolute Gasteiger partial charge is 0.463 e. The van der Waals surface area contributed by atoms with Crippen LogP contribution in [0.25, 0.3) is 22.6 Å². The third-order valence-corrected chi connectivity index (χ3v) is 4.61. The fourth-order valence-corrected chi connectivity index (χ4v) is 3.20. The molecule has 9 heteroatoms. The standard InChI is InChI=1S/C21H16N6O3/c1-13-19-15(11-16(17-3-2-10-29-17)23-21(19)30-26-13)20(28)24-18-6-9-27(25-18)12-14-4-7-22-8-5-14/h2-11H,12H2,1H3,(H,24,25,28). The Hall–Kier alpha value is -4.27. The molecular weight excluding hydrogens is 384 g/mol. The minimum Gasteiger partial charge on any atom is -0.463 e. The SMILES string of the molecule is Cc1noc2nc(-c3ccco3)cc(C(=O)Nc3ccn(Cc4ccncc4)n3)c12. The van der Waals surface area contributed by atoms with Crippen molar-refractivity contribution in [1.29, 1.82) is 0 Å². The molecule has 0 atom stereocenters. The third kappa shape index (κ3) is 3.32. The molecule has 0 fully saturated rings. The van der Waals surface area contributed by atoms with E-state index in [4.69, 9.17) is 8.94 Å². The number of fused-ring (bicyclic) bond motifs is 1. The summed E-state index contributed by atoms with van der Waals surface area (Å²) in [6.07, 6.45) is 6.81. The van der Waals surface area contributed by atoms with Gasteiger partial charge in [0.25, 0.3) is 11.6 Å². The number of rotatable bonds is 5. The van der Waals surface area contributed by atoms with E-state index in [1.807, 2.05) is 12.1 Å². The van der Waals surface area contributed by atoms with Crippen molar-refractivity contribution in [3.63, 3.8) is 0 Å². The van der Waals surface area contributed by atoms with Gasteiger partial charge in [-0.25, -0.2) is 4.98 Å². The van der Waals surface area contributed by atoms with Crippen LogP contribution in [-0.2, 0) is 6.54 Å². The average molecular weight is 400 g/mol. The fraction of sp³-hybridized carbons (Fsp3) is 0.0952. The second kappa shape index (κ2) is 7.28. The van der Waals surface area contributed by atoms with Crippen LogP contribution in [0.3, 0.4) is 0 Å². The average Bonchev–Trinajstić information content (AvgIpc) is 3.51. The molecule has 5 heterocycles. The van der Waals surface area contributed by atoms with Gasteiger partial charge >= 0.3 is 0 Å². The van der Waals surface area contributed by atoms with Gasteiger partial charge in [-0.15, -0.1) is 0 Å². The number of nitrogens with one attached hydrogen (secondary N) is 1. The number of hydrogen-bond acceptors (Lipinski definition) is 7. The minimum absolute atomic E-state index is 0.273. The maximum Gasteiger partial charge on any atom is 0.259 e. The van der Waals surface area contributed by atoms with Crippen LogP contribution in [-0.4, -0.2) is 30.8 Å². The monoisotopic (exact) mass is 400 g/mol. The molecule has 0 aliphatic heterocycles. The van der Waals surface area contributed by atoms with Crippen molar-refractivity contribution in [2.24, 2.45) is 0 Å². The van der Waals surface area contributed by atoms with Crippen molar-refractivity contribution >= 4 is 22.8 Å². The number of hydrogen-bond donors (Lipinski definition) is 1. The summed E-state index contributed by atoms with van der Waals surface area (Å²) >= 11 is 0. The van der Waals surface area contributed by atoms with E-state index < -0.39 is 0 Å². The van der Waals surface area contributed by atoms with Crippen LogP contribution in [0.2, 0.25) is 0 Å². The topological polar surface area (TPSA) is 112 Å². The number of anilines is 1. The van der Waals surface area contributed by atoms with Crippen LogP contribution in [0.15, 0.2) is 70.2 Å². The molecule has 5 aromatic rings. The van der Waals surface area contributed by atoms with Crippen LogP contribution in [0.4, 0.5) is 5.82 Å². The van der Waals surface area contributed by atoms with Crippen LogP contribution in [0.5, 0.6) is 0 Å². The number of pyridine rings is 2. The Bertz CT molecular complexity index is 1320. The molecule has 0 saturated heterocycles. The first-order valence-corrected chi connectivity index (χ1v) is 9.22. The molecule has 0 spiro atoms. The van der Waals surface area contributed by atoms with Gasteiger partial charge in [0, 0.05) is 24.7 Å². The molecule has 5 aromatic heterocycles. The number of nitrogens with zero attached hydrogens (tertiary/aromatic N) is 5. The molecule has 0 aliphatic rings. The number of furan rings is 1. The predicted octanol–water partition coefficient (Wildman–Crippen LogP) is 3.68. The summed E-state index contributed by atoms with van der Waals surface area (Å²) in [7, 11) is 0. The fourth-order valence-electron chi connectivity index (χ4n) is 3.20. The second-order valence-electron chi connectivity index (χ2n) is 6.69. The lowest BCUT2D eigenvalue weighted by atomic mass is 10.1. The summed E-state index contributed by atoms with van der Waals surface area (Å²) in [4.78, 5) is 21.5. The molecule has 5 rings (SSSR count). The Balaban J connectivity index is 1.44. The van der Waals surface area contributed by atoms with Crippen LogP contribution in [0.1, 0.15) is 21.6 Å². The molecular formula is C21H16N6O3. The Morgan fingerprint density at radius 3 is 2.87 bits per heavy atom. The van der Waals surface area contributed by atoms with Gasteiger partial charge in [0.2, 0.25) is 0 Å². The van der Waals surface area contributed by atoms with E-state index in [-0.39, 0.29) is 11.6 Å². The highest BCUT2D eigenvalue weighted by molar-refractivity contribution is 6.12. The Morgan fingerprint density at radius 1 is 1.20 bits per heavy atom. The summed E-state index contributed by atoms with van der Waals surface area (Å²) in [5.74, 6) is 0.630. The zero-order valence-corrected chi connectivity index (χ0v) is 15.9. The zero-order chi connectivity index (χ0) is 20.5. The van der Waals surface area contributed by atoms with E-state index in [1.54, 1.807) is 60.7 Å². The number of aryl methyl sites for hydroxylation is 1. The summed E-state index contributed by atoms with van der Waals surface area (Å²) in [5.41, 5.74) is 2.78. The van der Waals surface area contributed by atoms with E-state index in [2.05, 4.69) is 25.5 Å². The van der Waals surface area contributed by atoms with Crippen molar-refractivity contribution in [2.45, 2.75) is 13.5 Å². The molecule has 1 N–H and O–H groups in total. The van der Waals surface area contributed by atoms with E-state index in [0.717, 1.165) is 5.56 Å². The van der Waals surface area contributed by atoms with Crippen molar-refractivity contribution in [2.75, 3.05) is 5.32 Å². The van der Waals surface area contributed by atoms with Crippen LogP contribution < -0.4 is 5.32 Å². The summed E-state index contributed by atoms with van der Waals surface area (Å²) in [5, 5.41) is 11.8. The molecule has 0 aromatic carbocycles. The molecule has 30 heavy (non-hydrogen) atoms. The van der Waals surface area contributed by atoms with Crippen LogP contribution in [0, 0.1) is 6.92 Å². The lowest BCUT2D eigenvalue weighted by Gasteiger charge is -2.06. The zero-order valence-electron chi connectivity index (χ0n) is 15.9. The van der Waals surface area contributed by atoms with Gasteiger partial charge in [-0.05, 0) is 42.8 Å². The Labute approximate surface area is 170 Å². The van der Waals surface area contributed by atoms with Crippen molar-refractivity contribution in [3.05, 3.63) is 78.1 Å². The molecule has 148 valence electrons. The molecule has 0 bridgehead atoms. The summed E-state index contributed by atoms with van der Waals surface area (Å²) < 4.78 is 12.4. The van der Waals surface area contributed by atoms with E-state index >= 15 is 0 Å². The highest BCUT2D eigenvalue weighted by Gasteiger charge is 2.20. The van der Waals surface area contributed by atoms with Gasteiger partial charge in [0.05, 0.1) is 29.5 Å². The smallest absolute Gasteiger partial charge is 0.259 e. The second-order valence-corrected chi connectivity index (χ2v) is 6.69. The van der Waals surface area contributed by atoms with Gasteiger partial charge in [-0.3, -0.25) is 14.5 Å². The first-order valence-electron chi connectivity index (χ1n) is 9.22. The highest BCUT2D eigenvalue weighted by atomic mass is 16.5. The maximum absolute atomic E-state index is 13.1. The minimum atomic E-state index is -0.337.